The predicted octanol–water partition coefficient (Wildman–Crippen LogP) is 3.75. The van der Waals surface area contributed by atoms with Gasteiger partial charge in [0.05, 0.1) is 12.4 Å². The maximum absolute atomic E-state index is 4.11. The Hall–Kier alpha value is -2.33. The van der Waals surface area contributed by atoms with E-state index in [1.54, 1.807) is 18.6 Å². The standard InChI is InChI=1S/C15H11N3S/c1-2-7-14-12(4-1)5-3-6-13(14)10-17-18-11-15-16-8-9-19-15/h1-11H/b17-10?,18-11+. The molecule has 0 fully saturated rings. The molecule has 0 bridgehead atoms. The molecule has 0 aliphatic carbocycles. The molecule has 2 aromatic carbocycles. The van der Waals surface area contributed by atoms with Crippen LogP contribution in [0.5, 0.6) is 0 Å². The Balaban J connectivity index is 1.85. The Morgan fingerprint density at radius 2 is 1.79 bits per heavy atom. The van der Waals surface area contributed by atoms with Crippen LogP contribution in [0, 0.1) is 0 Å². The molecule has 0 saturated heterocycles. The summed E-state index contributed by atoms with van der Waals surface area (Å²) in [7, 11) is 0. The zero-order valence-corrected chi connectivity index (χ0v) is 10.9. The maximum atomic E-state index is 4.11. The molecule has 0 saturated carbocycles. The minimum absolute atomic E-state index is 0.857. The van der Waals surface area contributed by atoms with Crippen molar-refractivity contribution in [1.29, 1.82) is 0 Å². The van der Waals surface area contributed by atoms with Gasteiger partial charge in [-0.05, 0) is 10.8 Å². The second kappa shape index (κ2) is 5.54. The summed E-state index contributed by atoms with van der Waals surface area (Å²) in [6, 6.07) is 14.4. The number of hydrogen-bond acceptors (Lipinski definition) is 4. The topological polar surface area (TPSA) is 37.6 Å². The van der Waals surface area contributed by atoms with Gasteiger partial charge >= 0.3 is 0 Å². The molecule has 0 N–H and O–H groups in total. The quantitative estimate of drug-likeness (QED) is 0.525. The average Bonchev–Trinajstić information content (AvgIpc) is 2.97. The van der Waals surface area contributed by atoms with Crippen LogP contribution in [0.3, 0.4) is 0 Å². The van der Waals surface area contributed by atoms with E-state index in [-0.39, 0.29) is 0 Å². The first-order chi connectivity index (χ1) is 9.43. The number of nitrogens with zero attached hydrogens (tertiary/aromatic N) is 3. The van der Waals surface area contributed by atoms with E-state index in [4.69, 9.17) is 0 Å². The molecular formula is C15H11N3S. The van der Waals surface area contributed by atoms with Gasteiger partial charge in [-0.15, -0.1) is 11.3 Å². The Kier molecular flexibility index (Phi) is 3.42. The number of benzene rings is 2. The highest BCUT2D eigenvalue weighted by Gasteiger charge is 1.96. The van der Waals surface area contributed by atoms with Gasteiger partial charge < -0.3 is 0 Å². The Bertz CT molecular complexity index is 725. The monoisotopic (exact) mass is 265 g/mol. The first-order valence-corrected chi connectivity index (χ1v) is 6.75. The molecule has 3 rings (SSSR count). The molecule has 3 nitrogen and oxygen atoms in total. The Morgan fingerprint density at radius 3 is 2.68 bits per heavy atom. The molecule has 0 atom stereocenters. The van der Waals surface area contributed by atoms with Crippen molar-refractivity contribution in [1.82, 2.24) is 4.98 Å². The van der Waals surface area contributed by atoms with Crippen LogP contribution in [0.4, 0.5) is 0 Å². The third kappa shape index (κ3) is 2.74. The van der Waals surface area contributed by atoms with Crippen LogP contribution >= 0.6 is 11.3 Å². The van der Waals surface area contributed by atoms with E-state index < -0.39 is 0 Å². The molecule has 4 heteroatoms. The number of thiazole rings is 1. The van der Waals surface area contributed by atoms with Crippen LogP contribution in [0.15, 0.2) is 64.2 Å². The summed E-state index contributed by atoms with van der Waals surface area (Å²) in [5, 5.41) is 13.2. The number of rotatable bonds is 3. The van der Waals surface area contributed by atoms with E-state index in [1.807, 2.05) is 29.6 Å². The molecule has 19 heavy (non-hydrogen) atoms. The van der Waals surface area contributed by atoms with Crippen molar-refractivity contribution in [2.24, 2.45) is 10.2 Å². The normalized spacial score (nSPS) is 11.8. The van der Waals surface area contributed by atoms with E-state index in [1.165, 1.54) is 22.1 Å². The SMILES string of the molecule is C(=N/N=C/c1nccs1)c1cccc2ccccc12. The van der Waals surface area contributed by atoms with Crippen molar-refractivity contribution in [2.75, 3.05) is 0 Å². The van der Waals surface area contributed by atoms with E-state index >= 15 is 0 Å². The number of hydrogen-bond donors (Lipinski definition) is 0. The zero-order valence-electron chi connectivity index (χ0n) is 10.1. The first-order valence-electron chi connectivity index (χ1n) is 5.87. The molecular weight excluding hydrogens is 254 g/mol. The Morgan fingerprint density at radius 1 is 0.947 bits per heavy atom. The van der Waals surface area contributed by atoms with Crippen molar-refractivity contribution in [3.63, 3.8) is 0 Å². The molecule has 1 heterocycles. The van der Waals surface area contributed by atoms with Gasteiger partial charge in [-0.2, -0.15) is 10.2 Å². The number of aromatic nitrogens is 1. The van der Waals surface area contributed by atoms with Crippen LogP contribution < -0.4 is 0 Å². The van der Waals surface area contributed by atoms with Gasteiger partial charge in [-0.1, -0.05) is 42.5 Å². The third-order valence-electron chi connectivity index (χ3n) is 2.71. The van der Waals surface area contributed by atoms with Gasteiger partial charge in [0, 0.05) is 17.1 Å². The van der Waals surface area contributed by atoms with Gasteiger partial charge in [0.1, 0.15) is 5.01 Å². The molecule has 0 aliphatic heterocycles. The van der Waals surface area contributed by atoms with Crippen LogP contribution in [0.2, 0.25) is 0 Å². The highest BCUT2D eigenvalue weighted by Crippen LogP contribution is 2.16. The van der Waals surface area contributed by atoms with Crippen molar-refractivity contribution in [3.8, 4) is 0 Å². The summed E-state index contributed by atoms with van der Waals surface area (Å²) in [4.78, 5) is 4.11. The summed E-state index contributed by atoms with van der Waals surface area (Å²) in [5.41, 5.74) is 1.06. The lowest BCUT2D eigenvalue weighted by atomic mass is 10.1. The molecule has 0 amide bonds. The molecule has 0 radical (unpaired) electrons. The molecule has 0 unspecified atom stereocenters. The Labute approximate surface area is 115 Å². The lowest BCUT2D eigenvalue weighted by Crippen LogP contribution is -1.83. The van der Waals surface area contributed by atoms with Crippen LogP contribution in [-0.4, -0.2) is 17.4 Å². The fraction of sp³-hybridized carbons (Fsp3) is 0. The van der Waals surface area contributed by atoms with Gasteiger partial charge in [-0.3, -0.25) is 0 Å². The van der Waals surface area contributed by atoms with Crippen molar-refractivity contribution in [3.05, 3.63) is 64.6 Å². The molecule has 0 spiro atoms. The minimum atomic E-state index is 0.857. The predicted molar refractivity (Wildman–Crippen MR) is 81.3 cm³/mol. The van der Waals surface area contributed by atoms with Gasteiger partial charge in [0.25, 0.3) is 0 Å². The van der Waals surface area contributed by atoms with Crippen molar-refractivity contribution in [2.45, 2.75) is 0 Å². The number of fused-ring (bicyclic) bond motifs is 1. The summed E-state index contributed by atoms with van der Waals surface area (Å²) < 4.78 is 0. The highest BCUT2D eigenvalue weighted by atomic mass is 32.1. The summed E-state index contributed by atoms with van der Waals surface area (Å²) in [6.45, 7) is 0. The first kappa shape index (κ1) is 11.7. The van der Waals surface area contributed by atoms with Crippen LogP contribution in [-0.2, 0) is 0 Å². The summed E-state index contributed by atoms with van der Waals surface area (Å²) >= 11 is 1.54. The third-order valence-corrected chi connectivity index (χ3v) is 3.42. The van der Waals surface area contributed by atoms with Crippen LogP contribution in [0.1, 0.15) is 10.6 Å². The maximum Gasteiger partial charge on any atom is 0.136 e. The fourth-order valence-electron chi connectivity index (χ4n) is 1.84. The molecule has 3 aromatic rings. The smallest absolute Gasteiger partial charge is 0.136 e. The van der Waals surface area contributed by atoms with E-state index in [0.29, 0.717) is 0 Å². The van der Waals surface area contributed by atoms with E-state index in [0.717, 1.165) is 10.6 Å². The second-order valence-corrected chi connectivity index (χ2v) is 4.85. The fourth-order valence-corrected chi connectivity index (χ4v) is 2.33. The highest BCUT2D eigenvalue weighted by molar-refractivity contribution is 7.11. The lowest BCUT2D eigenvalue weighted by Gasteiger charge is -1.99. The van der Waals surface area contributed by atoms with Crippen molar-refractivity contribution >= 4 is 34.5 Å². The van der Waals surface area contributed by atoms with E-state index in [9.17, 15) is 0 Å². The zero-order chi connectivity index (χ0) is 12.9. The van der Waals surface area contributed by atoms with Gasteiger partial charge in [0.2, 0.25) is 0 Å². The molecule has 92 valence electrons. The second-order valence-electron chi connectivity index (χ2n) is 3.93. The van der Waals surface area contributed by atoms with Crippen LogP contribution in [0.25, 0.3) is 10.8 Å². The van der Waals surface area contributed by atoms with Gasteiger partial charge in [0.15, 0.2) is 0 Å². The lowest BCUT2D eigenvalue weighted by molar-refractivity contribution is 1.26. The minimum Gasteiger partial charge on any atom is -0.243 e. The van der Waals surface area contributed by atoms with Crippen molar-refractivity contribution < 1.29 is 0 Å². The molecule has 1 aromatic heterocycles. The van der Waals surface area contributed by atoms with Gasteiger partial charge in [-0.25, -0.2) is 4.98 Å². The summed E-state index contributed by atoms with van der Waals surface area (Å²) in [5.74, 6) is 0. The molecule has 0 aliphatic rings. The van der Waals surface area contributed by atoms with E-state index in [2.05, 4.69) is 33.4 Å². The largest absolute Gasteiger partial charge is 0.243 e. The average molecular weight is 265 g/mol. The summed E-state index contributed by atoms with van der Waals surface area (Å²) in [6.07, 6.45) is 5.18.